The van der Waals surface area contributed by atoms with Gasteiger partial charge in [-0.1, -0.05) is 12.2 Å². The van der Waals surface area contributed by atoms with Crippen LogP contribution in [0.15, 0.2) is 25.3 Å². The van der Waals surface area contributed by atoms with Crippen molar-refractivity contribution in [2.45, 2.75) is 49.2 Å². The maximum Gasteiger partial charge on any atom is 0.386 e. The minimum absolute atomic E-state index is 0.0605. The highest BCUT2D eigenvalue weighted by atomic mass is 32.7. The van der Waals surface area contributed by atoms with Gasteiger partial charge in [0.1, 0.15) is 48.1 Å². The average molecular weight is 674 g/mol. The van der Waals surface area contributed by atoms with Gasteiger partial charge in [0, 0.05) is 0 Å². The molecule has 3 aliphatic rings. The molecule has 234 valence electrons. The first-order valence-corrected chi connectivity index (χ1v) is 17.6. The molecular formula is C20H23BF2N10O8P2S. The van der Waals surface area contributed by atoms with Crippen molar-refractivity contribution in [2.75, 3.05) is 24.7 Å². The summed E-state index contributed by atoms with van der Waals surface area (Å²) in [5.41, 5.74) is 12.4. The molecule has 10 atom stereocenters. The smallest absolute Gasteiger partial charge is 0.382 e. The Balaban J connectivity index is 1.17. The van der Waals surface area contributed by atoms with Gasteiger partial charge in [-0.25, -0.2) is 43.2 Å². The molecule has 0 saturated carbocycles. The minimum Gasteiger partial charge on any atom is -0.382 e. The molecule has 4 N–H and O–H groups in total. The molecular weight excluding hydrogens is 651 g/mol. The van der Waals surface area contributed by atoms with E-state index < -0.39 is 76.7 Å². The molecule has 0 spiro atoms. The van der Waals surface area contributed by atoms with Crippen molar-refractivity contribution in [2.24, 2.45) is 0 Å². The van der Waals surface area contributed by atoms with E-state index in [2.05, 4.69) is 42.2 Å². The molecule has 3 aliphatic heterocycles. The van der Waals surface area contributed by atoms with Crippen molar-refractivity contribution in [3.8, 4) is 0 Å². The number of halogens is 2. The summed E-state index contributed by atoms with van der Waals surface area (Å²) in [5.74, 6) is 0.123. The highest BCUT2D eigenvalue weighted by Crippen LogP contribution is 2.58. The summed E-state index contributed by atoms with van der Waals surface area (Å²) in [5, 5.41) is 0. The number of alkyl halides is 2. The molecule has 24 heteroatoms. The second kappa shape index (κ2) is 10.9. The Kier molecular flexibility index (Phi) is 7.42. The average Bonchev–Trinajstić information content (AvgIpc) is 3.73. The lowest BCUT2D eigenvalue weighted by atomic mass is 10.1. The van der Waals surface area contributed by atoms with Gasteiger partial charge in [0.2, 0.25) is 0 Å². The van der Waals surface area contributed by atoms with Crippen molar-refractivity contribution in [3.05, 3.63) is 25.3 Å². The van der Waals surface area contributed by atoms with Crippen LogP contribution in [0.2, 0.25) is 0 Å². The second-order valence-electron chi connectivity index (χ2n) is 10.2. The minimum atomic E-state index is -4.37. The fraction of sp³-hybridized carbons (Fsp3) is 0.500. The van der Waals surface area contributed by atoms with Crippen LogP contribution in [0.25, 0.3) is 22.3 Å². The first-order chi connectivity index (χ1) is 20.9. The molecule has 0 aliphatic carbocycles. The molecule has 3 saturated heterocycles. The number of imidazole rings is 2. The number of aromatic nitrogens is 8. The topological polar surface area (TPSA) is 229 Å². The fourth-order valence-corrected chi connectivity index (χ4v) is 7.94. The Morgan fingerprint density at radius 2 is 1.27 bits per heavy atom. The van der Waals surface area contributed by atoms with Crippen LogP contribution >= 0.6 is 26.5 Å². The number of nitrogens with two attached hydrogens (primary N) is 2. The number of hydrogen-bond acceptors (Lipinski definition) is 16. The monoisotopic (exact) mass is 674 g/mol. The van der Waals surface area contributed by atoms with Crippen molar-refractivity contribution in [1.29, 1.82) is 0 Å². The van der Waals surface area contributed by atoms with Gasteiger partial charge in [-0.2, -0.15) is 0 Å². The number of thiol groups is 1. The van der Waals surface area contributed by atoms with Crippen molar-refractivity contribution in [1.82, 2.24) is 39.0 Å². The van der Waals surface area contributed by atoms with E-state index in [9.17, 15) is 9.13 Å². The fourth-order valence-electron chi connectivity index (χ4n) is 5.28. The van der Waals surface area contributed by atoms with E-state index in [0.717, 1.165) is 7.57 Å². The Morgan fingerprint density at radius 3 is 1.80 bits per heavy atom. The third-order valence-corrected chi connectivity index (χ3v) is 10.2. The zero-order chi connectivity index (χ0) is 31.0. The molecule has 3 fully saturated rings. The number of ether oxygens (including phenoxy) is 2. The van der Waals surface area contributed by atoms with Gasteiger partial charge in [-0.05, 0) is 0 Å². The summed E-state index contributed by atoms with van der Waals surface area (Å²) in [6.07, 6.45) is -7.72. The molecule has 0 unspecified atom stereocenters. The predicted octanol–water partition coefficient (Wildman–Crippen LogP) is 0.898. The van der Waals surface area contributed by atoms with Gasteiger partial charge in [-0.3, -0.25) is 22.7 Å². The Morgan fingerprint density at radius 1 is 0.795 bits per heavy atom. The highest BCUT2D eigenvalue weighted by molar-refractivity contribution is 8.44. The van der Waals surface area contributed by atoms with E-state index in [-0.39, 0.29) is 34.0 Å². The lowest BCUT2D eigenvalue weighted by Gasteiger charge is -2.29. The van der Waals surface area contributed by atoms with Crippen LogP contribution in [0.4, 0.5) is 20.4 Å². The van der Waals surface area contributed by atoms with E-state index in [0.29, 0.717) is 0 Å². The lowest BCUT2D eigenvalue weighted by Crippen LogP contribution is -2.37. The second-order valence-corrected chi connectivity index (χ2v) is 15.0. The highest BCUT2D eigenvalue weighted by Gasteiger charge is 2.54. The van der Waals surface area contributed by atoms with E-state index in [4.69, 9.17) is 39.0 Å². The van der Waals surface area contributed by atoms with Gasteiger partial charge in [0.25, 0.3) is 15.0 Å². The molecule has 0 radical (unpaired) electrons. The summed E-state index contributed by atoms with van der Waals surface area (Å²) in [6, 6.07) is 0. The molecule has 4 aromatic rings. The third-order valence-electron chi connectivity index (χ3n) is 7.30. The molecule has 18 nitrogen and oxygen atoms in total. The Labute approximate surface area is 251 Å². The summed E-state index contributed by atoms with van der Waals surface area (Å²) < 4.78 is 95.1. The van der Waals surface area contributed by atoms with E-state index in [1.807, 2.05) is 0 Å². The van der Waals surface area contributed by atoms with Gasteiger partial charge in [0.05, 0.1) is 25.9 Å². The summed E-state index contributed by atoms with van der Waals surface area (Å²) >= 11 is 4.01. The Hall–Kier alpha value is -2.81. The van der Waals surface area contributed by atoms with Crippen LogP contribution in [0.3, 0.4) is 0 Å². The molecule has 44 heavy (non-hydrogen) atoms. The summed E-state index contributed by atoms with van der Waals surface area (Å²) in [6.45, 7) is -5.56. The summed E-state index contributed by atoms with van der Waals surface area (Å²) in [7, 11) is -2.97. The van der Waals surface area contributed by atoms with Gasteiger partial charge in [0.15, 0.2) is 47.7 Å². The number of anilines is 2. The quantitative estimate of drug-likeness (QED) is 0.152. The van der Waals surface area contributed by atoms with E-state index in [1.54, 1.807) is 0 Å². The third kappa shape index (κ3) is 5.17. The van der Waals surface area contributed by atoms with Crippen molar-refractivity contribution >= 4 is 68.0 Å². The molecule has 7 heterocycles. The molecule has 0 bridgehead atoms. The lowest BCUT2D eigenvalue weighted by molar-refractivity contribution is -0.0546. The SMILES string of the molecule is B[P@]1(=O)OC[C@H]2O[C@@H](n3cnc4c(N)ncnc43)[C@H](F)[C@@H]2O[P@@](=O)(S)OC[C@H]2O[C@@H](n3cnc4c(N)ncnc43)[C@H](F)[C@@H]2O1. The number of rotatable bonds is 2. The molecule has 7 rings (SSSR count). The van der Waals surface area contributed by atoms with Crippen LogP contribution in [-0.2, 0) is 36.7 Å². The van der Waals surface area contributed by atoms with E-state index >= 15 is 8.78 Å². The van der Waals surface area contributed by atoms with Crippen LogP contribution < -0.4 is 11.5 Å². The standard InChI is InChI=1S/C20H23BF2N10O8P2S/c21-42(34)36-1-7-14(10(23)20(38-7)33-6-31-12-16(25)27-4-29-18(12)33)41-43(35,44)37-2-8-13(40-42)9(22)19(39-8)32-5-30-11-15(24)26-3-28-17(11)32/h3-10,13-14,19-20H,1-2,21H2,(H,35,44)(H2,24,26,28)(H2,25,27,29)/t7-,8-,9-,10-,13-,14-,19-,20-,42+,43+/m1/s1. The molecule has 0 amide bonds. The maximum atomic E-state index is 16.0. The van der Waals surface area contributed by atoms with Crippen LogP contribution in [0.5, 0.6) is 0 Å². The molecule has 0 aromatic carbocycles. The number of nitrogens with zero attached hydrogens (tertiary/aromatic N) is 8. The molecule has 4 aromatic heterocycles. The maximum absolute atomic E-state index is 16.0. The normalized spacial score (nSPS) is 38.2. The number of nitrogen functional groups attached to an aromatic ring is 2. The number of fused-ring (bicyclic) bond motifs is 4. The van der Waals surface area contributed by atoms with Gasteiger partial charge in [-0.15, -0.1) is 0 Å². The van der Waals surface area contributed by atoms with E-state index in [1.165, 1.54) is 34.4 Å². The summed E-state index contributed by atoms with van der Waals surface area (Å²) in [4.78, 5) is 24.1. The van der Waals surface area contributed by atoms with Crippen molar-refractivity contribution < 1.29 is 45.5 Å². The Bertz CT molecular complexity index is 1710. The van der Waals surface area contributed by atoms with Crippen LogP contribution in [0.1, 0.15) is 12.5 Å². The van der Waals surface area contributed by atoms with Crippen molar-refractivity contribution in [3.63, 3.8) is 0 Å². The van der Waals surface area contributed by atoms with Crippen LogP contribution in [-0.4, -0.2) is 96.6 Å². The van der Waals surface area contributed by atoms with Crippen LogP contribution in [0, 0.1) is 0 Å². The van der Waals surface area contributed by atoms with Gasteiger partial charge < -0.3 is 30.0 Å². The number of hydrogen-bond donors (Lipinski definition) is 3. The van der Waals surface area contributed by atoms with Gasteiger partial charge >= 0.3 is 6.80 Å². The first kappa shape index (κ1) is 29.9. The zero-order valence-electron chi connectivity index (χ0n) is 22.4. The predicted molar refractivity (Wildman–Crippen MR) is 151 cm³/mol. The largest absolute Gasteiger partial charge is 0.386 e. The zero-order valence-corrected chi connectivity index (χ0v) is 25.1. The first-order valence-electron chi connectivity index (χ1n) is 12.9.